The van der Waals surface area contributed by atoms with Crippen molar-refractivity contribution in [2.24, 2.45) is 0 Å². The molecule has 0 aromatic heterocycles. The third-order valence-electron chi connectivity index (χ3n) is 6.43. The zero-order chi connectivity index (χ0) is 29.9. The van der Waals surface area contributed by atoms with Crippen molar-refractivity contribution in [1.82, 2.24) is 5.32 Å². The van der Waals surface area contributed by atoms with Crippen LogP contribution in [0.5, 0.6) is 0 Å². The highest BCUT2D eigenvalue weighted by atomic mass is 35.5. The third kappa shape index (κ3) is 8.20. The largest absolute Gasteiger partial charge is 0.325 e. The van der Waals surface area contributed by atoms with Crippen molar-refractivity contribution in [2.45, 2.75) is 19.3 Å². The number of halogens is 1. The second-order valence-corrected chi connectivity index (χ2v) is 10.8. The molecule has 0 spiro atoms. The molecule has 0 radical (unpaired) electrons. The van der Waals surface area contributed by atoms with Crippen LogP contribution in [0.1, 0.15) is 44.2 Å². The molecule has 0 aliphatic carbocycles. The maximum atomic E-state index is 13.4. The van der Waals surface area contributed by atoms with Gasteiger partial charge in [-0.1, -0.05) is 108 Å². The van der Waals surface area contributed by atoms with Crippen LogP contribution in [0, 0.1) is 18.3 Å². The third-order valence-corrected chi connectivity index (χ3v) is 7.79. The fourth-order valence-corrected chi connectivity index (χ4v) is 5.38. The van der Waals surface area contributed by atoms with E-state index in [1.165, 1.54) is 0 Å². The quantitative estimate of drug-likeness (QED) is 0.138. The summed E-state index contributed by atoms with van der Waals surface area (Å²) < 4.78 is 0. The number of nitriles is 1. The summed E-state index contributed by atoms with van der Waals surface area (Å²) in [6.45, 7) is 1.95. The van der Waals surface area contributed by atoms with Crippen LogP contribution in [0.3, 0.4) is 0 Å². The van der Waals surface area contributed by atoms with Gasteiger partial charge >= 0.3 is 0 Å². The van der Waals surface area contributed by atoms with Crippen molar-refractivity contribution >= 4 is 46.6 Å². The predicted octanol–water partition coefficient (Wildman–Crippen LogP) is 7.54. The lowest BCUT2D eigenvalue weighted by atomic mass is 9.86. The van der Waals surface area contributed by atoms with E-state index in [-0.39, 0.29) is 34.5 Å². The topological polar surface area (TPSA) is 99.1 Å². The number of hydrogen-bond donors (Lipinski definition) is 2. The average molecular weight is 594 g/mol. The summed E-state index contributed by atoms with van der Waals surface area (Å²) in [4.78, 5) is 39.5. The smallest absolute Gasteiger partial charge is 0.256 e. The highest BCUT2D eigenvalue weighted by Crippen LogP contribution is 2.37. The van der Waals surface area contributed by atoms with Crippen LogP contribution in [0.4, 0.5) is 5.69 Å². The molecular weight excluding hydrogens is 566 g/mol. The minimum atomic E-state index is -0.782. The summed E-state index contributed by atoms with van der Waals surface area (Å²) in [5, 5.41) is 16.7. The minimum Gasteiger partial charge on any atom is -0.325 e. The highest BCUT2D eigenvalue weighted by Gasteiger charge is 2.28. The first-order chi connectivity index (χ1) is 20.4. The van der Waals surface area contributed by atoms with E-state index in [0.29, 0.717) is 27.4 Å². The highest BCUT2D eigenvalue weighted by molar-refractivity contribution is 8.03. The Kier molecular flexibility index (Phi) is 10.7. The number of nitrogens with zero attached hydrogens (tertiary/aromatic N) is 1. The first kappa shape index (κ1) is 30.3. The number of carbonyl (C=O) groups excluding carboxylic acids is 3. The molecule has 0 saturated carbocycles. The van der Waals surface area contributed by atoms with Gasteiger partial charge in [0.15, 0.2) is 5.78 Å². The number of benzene rings is 4. The molecule has 0 aliphatic heterocycles. The molecule has 2 amide bonds. The number of carbonyl (C=O) groups is 3. The molecule has 0 bridgehead atoms. The first-order valence-electron chi connectivity index (χ1n) is 13.2. The molecule has 0 unspecified atom stereocenters. The van der Waals surface area contributed by atoms with Crippen molar-refractivity contribution in [1.29, 1.82) is 5.26 Å². The Hall–Kier alpha value is -4.64. The zero-order valence-electron chi connectivity index (χ0n) is 22.8. The number of nitrogens with one attached hydrogen (secondary N) is 2. The van der Waals surface area contributed by atoms with Crippen molar-refractivity contribution in [3.8, 4) is 6.07 Å². The zero-order valence-corrected chi connectivity index (χ0v) is 24.4. The Morgan fingerprint density at radius 2 is 1.43 bits per heavy atom. The summed E-state index contributed by atoms with van der Waals surface area (Å²) in [5.41, 5.74) is 3.26. The number of amides is 2. The molecule has 0 fully saturated rings. The molecule has 4 aromatic carbocycles. The average Bonchev–Trinajstić information content (AvgIpc) is 3.01. The molecule has 2 N–H and O–H groups in total. The van der Waals surface area contributed by atoms with E-state index in [4.69, 9.17) is 11.6 Å². The number of ketones is 1. The Morgan fingerprint density at radius 1 is 0.833 bits per heavy atom. The maximum absolute atomic E-state index is 13.4. The van der Waals surface area contributed by atoms with Gasteiger partial charge in [-0.25, -0.2) is 0 Å². The second kappa shape index (κ2) is 14.8. The van der Waals surface area contributed by atoms with E-state index in [9.17, 15) is 19.6 Å². The van der Waals surface area contributed by atoms with Crippen LogP contribution in [0.25, 0.3) is 0 Å². The predicted molar refractivity (Wildman–Crippen MR) is 168 cm³/mol. The molecule has 4 rings (SSSR count). The van der Waals surface area contributed by atoms with Crippen molar-refractivity contribution in [3.63, 3.8) is 0 Å². The molecule has 0 saturated heterocycles. The number of aryl methyl sites for hydroxylation is 1. The van der Waals surface area contributed by atoms with Crippen LogP contribution in [0.15, 0.2) is 120 Å². The van der Waals surface area contributed by atoms with Gasteiger partial charge < -0.3 is 10.6 Å². The van der Waals surface area contributed by atoms with Crippen molar-refractivity contribution in [3.05, 3.63) is 147 Å². The van der Waals surface area contributed by atoms with Gasteiger partial charge in [-0.2, -0.15) is 5.26 Å². The number of Topliss-reactive ketones (excluding diaryl/α,β-unsaturated/α-hetero) is 1. The van der Waals surface area contributed by atoms with Gasteiger partial charge in [-0.15, -0.1) is 0 Å². The number of hydrogen-bond acceptors (Lipinski definition) is 5. The fraction of sp³-hybridized carbons (Fsp3) is 0.118. The molecule has 0 aliphatic rings. The number of thioether (sulfide) groups is 1. The molecule has 8 heteroatoms. The van der Waals surface area contributed by atoms with Crippen LogP contribution in [-0.2, 0) is 4.79 Å². The van der Waals surface area contributed by atoms with Crippen LogP contribution < -0.4 is 10.6 Å². The molecular formula is C34H28ClN3O3S. The Balaban J connectivity index is 1.72. The van der Waals surface area contributed by atoms with E-state index in [1.807, 2.05) is 25.1 Å². The Bertz CT molecular complexity index is 1630. The fourth-order valence-electron chi connectivity index (χ4n) is 4.26. The van der Waals surface area contributed by atoms with Gasteiger partial charge in [0.05, 0.1) is 22.4 Å². The Morgan fingerprint density at radius 3 is 2.05 bits per heavy atom. The van der Waals surface area contributed by atoms with Crippen LogP contribution in [0.2, 0.25) is 5.02 Å². The lowest BCUT2D eigenvalue weighted by molar-refractivity contribution is -0.113. The molecule has 6 nitrogen and oxygen atoms in total. The van der Waals surface area contributed by atoms with Crippen LogP contribution >= 0.6 is 23.4 Å². The molecule has 1 atom stereocenters. The van der Waals surface area contributed by atoms with Gasteiger partial charge in [0, 0.05) is 34.2 Å². The van der Waals surface area contributed by atoms with Crippen molar-refractivity contribution < 1.29 is 14.4 Å². The number of rotatable bonds is 11. The summed E-state index contributed by atoms with van der Waals surface area (Å²) >= 11 is 7.60. The van der Waals surface area contributed by atoms with E-state index in [2.05, 4.69) is 16.7 Å². The summed E-state index contributed by atoms with van der Waals surface area (Å²) in [6.07, 6.45) is -0.0720. The van der Waals surface area contributed by atoms with E-state index in [1.54, 1.807) is 91.0 Å². The minimum absolute atomic E-state index is 0.0720. The second-order valence-electron chi connectivity index (χ2n) is 9.45. The standard InChI is InChI=1S/C34H28ClN3O3S/c1-23-16-18-26(19-17-23)37-32(40)22-42-34(38-33(41)25-12-6-3-7-13-25)29(21-36)28(27-14-8-9-15-30(27)35)20-31(39)24-10-4-2-5-11-24/h2-19,28H,20,22H2,1H3,(H,37,40)(H,38,41)/b34-29+/t28-/m1/s1. The molecule has 210 valence electrons. The summed E-state index contributed by atoms with van der Waals surface area (Å²) in [6, 6.07) is 33.9. The SMILES string of the molecule is Cc1ccc(NC(=O)CS/C(NC(=O)c2ccccc2)=C(\C#N)[C@H](CC(=O)c2ccccc2)c2ccccc2Cl)cc1. The van der Waals surface area contributed by atoms with E-state index >= 15 is 0 Å². The van der Waals surface area contributed by atoms with Gasteiger partial charge in [0.25, 0.3) is 5.91 Å². The summed E-state index contributed by atoms with van der Waals surface area (Å²) in [5.74, 6) is -1.83. The van der Waals surface area contributed by atoms with Gasteiger partial charge in [-0.3, -0.25) is 14.4 Å². The normalized spacial score (nSPS) is 11.9. The molecule has 42 heavy (non-hydrogen) atoms. The Labute approximate surface area is 254 Å². The summed E-state index contributed by atoms with van der Waals surface area (Å²) in [7, 11) is 0. The molecule has 0 heterocycles. The first-order valence-corrected chi connectivity index (χ1v) is 14.5. The monoisotopic (exact) mass is 593 g/mol. The van der Waals surface area contributed by atoms with Crippen molar-refractivity contribution in [2.75, 3.05) is 11.1 Å². The van der Waals surface area contributed by atoms with Gasteiger partial charge in [0.2, 0.25) is 5.91 Å². The number of allylic oxidation sites excluding steroid dienone is 1. The maximum Gasteiger partial charge on any atom is 0.256 e. The lowest BCUT2D eigenvalue weighted by Crippen LogP contribution is -2.25. The number of anilines is 1. The lowest BCUT2D eigenvalue weighted by Gasteiger charge is -2.21. The van der Waals surface area contributed by atoms with Gasteiger partial charge in [-0.05, 0) is 42.8 Å². The molecule has 4 aromatic rings. The van der Waals surface area contributed by atoms with E-state index < -0.39 is 11.8 Å². The van der Waals surface area contributed by atoms with E-state index in [0.717, 1.165) is 17.3 Å². The van der Waals surface area contributed by atoms with Gasteiger partial charge in [0.1, 0.15) is 0 Å². The van der Waals surface area contributed by atoms with Crippen LogP contribution in [-0.4, -0.2) is 23.4 Å².